The predicted molar refractivity (Wildman–Crippen MR) is 57.6 cm³/mol. The fraction of sp³-hybridized carbons (Fsp3) is 0.417. The van der Waals surface area contributed by atoms with Crippen molar-refractivity contribution in [3.8, 4) is 0 Å². The molecule has 1 N–H and O–H groups in total. The summed E-state index contributed by atoms with van der Waals surface area (Å²) in [7, 11) is 0. The number of nitrogens with one attached hydrogen (secondary N) is 1. The predicted octanol–water partition coefficient (Wildman–Crippen LogP) is 2.01. The molecule has 6 heteroatoms. The largest absolute Gasteiger partial charge is 0.376 e. The zero-order valence-electron chi connectivity index (χ0n) is 9.67. The van der Waals surface area contributed by atoms with Crippen molar-refractivity contribution in [2.24, 2.45) is 0 Å². The fourth-order valence-electron chi connectivity index (χ4n) is 1.90. The first-order valence-corrected chi connectivity index (χ1v) is 5.56. The average Bonchev–Trinajstić information content (AvgIpc) is 2.70. The number of benzene rings is 1. The summed E-state index contributed by atoms with van der Waals surface area (Å²) in [6, 6.07) is 1.05. The Kier molecular flexibility index (Phi) is 3.56. The van der Waals surface area contributed by atoms with Gasteiger partial charge in [-0.25, -0.2) is 13.2 Å². The van der Waals surface area contributed by atoms with Crippen molar-refractivity contribution in [1.29, 1.82) is 0 Å². The van der Waals surface area contributed by atoms with Gasteiger partial charge in [-0.15, -0.1) is 0 Å². The third-order valence-corrected chi connectivity index (χ3v) is 2.96. The molecule has 0 aliphatic carbocycles. The van der Waals surface area contributed by atoms with Gasteiger partial charge in [-0.2, -0.15) is 0 Å². The standard InChI is InChI=1S/C12H12F3NO2/c1-6-9(4-5-18-6)16-12(17)10-7(13)2-3-8(14)11(10)15/h2-3,6,9H,4-5H2,1H3,(H,16,17)/t6-,9+/m1/s1. The number of hydrogen-bond donors (Lipinski definition) is 1. The van der Waals surface area contributed by atoms with E-state index in [2.05, 4.69) is 5.32 Å². The van der Waals surface area contributed by atoms with Crippen LogP contribution in [0.4, 0.5) is 13.2 Å². The Labute approximate surface area is 102 Å². The zero-order valence-corrected chi connectivity index (χ0v) is 9.67. The molecule has 98 valence electrons. The lowest BCUT2D eigenvalue weighted by molar-refractivity contribution is 0.0858. The molecule has 0 spiro atoms. The molecule has 0 saturated carbocycles. The van der Waals surface area contributed by atoms with Crippen LogP contribution in [0.2, 0.25) is 0 Å². The number of halogens is 3. The molecular weight excluding hydrogens is 247 g/mol. The summed E-state index contributed by atoms with van der Waals surface area (Å²) < 4.78 is 44.9. The van der Waals surface area contributed by atoms with E-state index in [1.165, 1.54) is 0 Å². The maximum atomic E-state index is 13.4. The summed E-state index contributed by atoms with van der Waals surface area (Å²) in [5.41, 5.74) is -0.894. The second kappa shape index (κ2) is 4.97. The summed E-state index contributed by atoms with van der Waals surface area (Å²) in [5, 5.41) is 2.44. The first-order chi connectivity index (χ1) is 8.50. The Morgan fingerprint density at radius 3 is 2.61 bits per heavy atom. The first-order valence-electron chi connectivity index (χ1n) is 5.56. The van der Waals surface area contributed by atoms with E-state index in [1.54, 1.807) is 6.92 Å². The monoisotopic (exact) mass is 259 g/mol. The van der Waals surface area contributed by atoms with Crippen LogP contribution in [-0.4, -0.2) is 24.7 Å². The Morgan fingerprint density at radius 1 is 1.33 bits per heavy atom. The Hall–Kier alpha value is -1.56. The van der Waals surface area contributed by atoms with Crippen molar-refractivity contribution in [3.63, 3.8) is 0 Å². The molecule has 1 amide bonds. The molecular formula is C12H12F3NO2. The molecule has 1 fully saturated rings. The van der Waals surface area contributed by atoms with E-state index < -0.39 is 28.9 Å². The molecule has 1 aromatic rings. The number of rotatable bonds is 2. The van der Waals surface area contributed by atoms with Gasteiger partial charge < -0.3 is 10.1 Å². The van der Waals surface area contributed by atoms with E-state index in [1.807, 2.05) is 0 Å². The smallest absolute Gasteiger partial charge is 0.257 e. The summed E-state index contributed by atoms with van der Waals surface area (Å²) in [4.78, 5) is 11.7. The lowest BCUT2D eigenvalue weighted by Crippen LogP contribution is -2.40. The third-order valence-electron chi connectivity index (χ3n) is 2.96. The lowest BCUT2D eigenvalue weighted by atomic mass is 10.1. The summed E-state index contributed by atoms with van der Waals surface area (Å²) in [6.07, 6.45) is 0.333. The van der Waals surface area contributed by atoms with Crippen LogP contribution in [0.15, 0.2) is 12.1 Å². The molecule has 0 radical (unpaired) electrons. The van der Waals surface area contributed by atoms with Crippen LogP contribution < -0.4 is 5.32 Å². The van der Waals surface area contributed by atoms with Crippen molar-refractivity contribution in [2.45, 2.75) is 25.5 Å². The van der Waals surface area contributed by atoms with Gasteiger partial charge in [0.1, 0.15) is 11.4 Å². The van der Waals surface area contributed by atoms with Gasteiger partial charge in [-0.3, -0.25) is 4.79 Å². The van der Waals surface area contributed by atoms with Crippen molar-refractivity contribution >= 4 is 5.91 Å². The molecule has 0 unspecified atom stereocenters. The molecule has 1 saturated heterocycles. The van der Waals surface area contributed by atoms with Gasteiger partial charge in [0.25, 0.3) is 5.91 Å². The Balaban J connectivity index is 2.21. The van der Waals surface area contributed by atoms with Gasteiger partial charge in [0.2, 0.25) is 0 Å². The number of carbonyl (C=O) groups excluding carboxylic acids is 1. The molecule has 2 rings (SSSR count). The number of amides is 1. The van der Waals surface area contributed by atoms with Crippen molar-refractivity contribution in [2.75, 3.05) is 6.61 Å². The van der Waals surface area contributed by atoms with E-state index >= 15 is 0 Å². The van der Waals surface area contributed by atoms with E-state index in [-0.39, 0.29) is 12.1 Å². The van der Waals surface area contributed by atoms with Crippen LogP contribution in [0.5, 0.6) is 0 Å². The minimum atomic E-state index is -1.47. The topological polar surface area (TPSA) is 38.3 Å². The minimum Gasteiger partial charge on any atom is -0.376 e. The van der Waals surface area contributed by atoms with E-state index in [4.69, 9.17) is 4.74 Å². The molecule has 18 heavy (non-hydrogen) atoms. The van der Waals surface area contributed by atoms with Crippen LogP contribution in [-0.2, 0) is 4.74 Å². The summed E-state index contributed by atoms with van der Waals surface area (Å²) >= 11 is 0. The summed E-state index contributed by atoms with van der Waals surface area (Å²) in [6.45, 7) is 2.22. The molecule has 0 aromatic heterocycles. The first kappa shape index (κ1) is 12.9. The van der Waals surface area contributed by atoms with Crippen LogP contribution in [0.1, 0.15) is 23.7 Å². The maximum absolute atomic E-state index is 13.4. The highest BCUT2D eigenvalue weighted by Gasteiger charge is 2.28. The van der Waals surface area contributed by atoms with Gasteiger partial charge in [0, 0.05) is 6.61 Å². The average molecular weight is 259 g/mol. The highest BCUT2D eigenvalue weighted by atomic mass is 19.2. The number of carbonyl (C=O) groups is 1. The van der Waals surface area contributed by atoms with Crippen molar-refractivity contribution < 1.29 is 22.7 Å². The van der Waals surface area contributed by atoms with E-state index in [9.17, 15) is 18.0 Å². The third kappa shape index (κ3) is 2.33. The normalized spacial score (nSPS) is 23.1. The highest BCUT2D eigenvalue weighted by molar-refractivity contribution is 5.95. The van der Waals surface area contributed by atoms with Gasteiger partial charge in [-0.1, -0.05) is 0 Å². The molecule has 1 aliphatic heterocycles. The quantitative estimate of drug-likeness (QED) is 0.825. The van der Waals surface area contributed by atoms with E-state index in [0.29, 0.717) is 19.1 Å². The number of ether oxygens (including phenoxy) is 1. The highest BCUT2D eigenvalue weighted by Crippen LogP contribution is 2.18. The zero-order chi connectivity index (χ0) is 13.3. The fourth-order valence-corrected chi connectivity index (χ4v) is 1.90. The Bertz CT molecular complexity index is 479. The van der Waals surface area contributed by atoms with Crippen molar-refractivity contribution in [1.82, 2.24) is 5.32 Å². The van der Waals surface area contributed by atoms with Crippen molar-refractivity contribution in [3.05, 3.63) is 35.1 Å². The van der Waals surface area contributed by atoms with Gasteiger partial charge >= 0.3 is 0 Å². The lowest BCUT2D eigenvalue weighted by Gasteiger charge is -2.16. The molecule has 1 aliphatic rings. The maximum Gasteiger partial charge on any atom is 0.257 e. The summed E-state index contributed by atoms with van der Waals surface area (Å²) in [5.74, 6) is -4.78. The van der Waals surface area contributed by atoms with Gasteiger partial charge in [0.15, 0.2) is 11.6 Å². The van der Waals surface area contributed by atoms with Crippen LogP contribution in [0.25, 0.3) is 0 Å². The van der Waals surface area contributed by atoms with Crippen LogP contribution in [0, 0.1) is 17.5 Å². The van der Waals surface area contributed by atoms with Gasteiger partial charge in [-0.05, 0) is 25.5 Å². The van der Waals surface area contributed by atoms with Crippen LogP contribution >= 0.6 is 0 Å². The van der Waals surface area contributed by atoms with E-state index in [0.717, 1.165) is 6.07 Å². The van der Waals surface area contributed by atoms with Crippen LogP contribution in [0.3, 0.4) is 0 Å². The second-order valence-corrected chi connectivity index (χ2v) is 4.16. The molecule has 1 aromatic carbocycles. The number of hydrogen-bond acceptors (Lipinski definition) is 2. The Morgan fingerprint density at radius 2 is 2.00 bits per heavy atom. The molecule has 2 atom stereocenters. The molecule has 0 bridgehead atoms. The SMILES string of the molecule is C[C@H]1OCC[C@@H]1NC(=O)c1c(F)ccc(F)c1F. The van der Waals surface area contributed by atoms with Gasteiger partial charge in [0.05, 0.1) is 12.1 Å². The molecule has 3 nitrogen and oxygen atoms in total. The molecule has 1 heterocycles. The second-order valence-electron chi connectivity index (χ2n) is 4.16. The minimum absolute atomic E-state index is 0.228.